The smallest absolute Gasteiger partial charge is 0.327 e. The fourth-order valence-electron chi connectivity index (χ4n) is 1.62. The first kappa shape index (κ1) is 15.9. The van der Waals surface area contributed by atoms with E-state index in [0.717, 1.165) is 12.8 Å². The zero-order chi connectivity index (χ0) is 13.4. The highest BCUT2D eigenvalue weighted by atomic mass is 16.4. The Balaban J connectivity index is 4.03. The van der Waals surface area contributed by atoms with Gasteiger partial charge in [0.05, 0.1) is 0 Å². The van der Waals surface area contributed by atoms with Crippen molar-refractivity contribution in [1.29, 1.82) is 0 Å². The lowest BCUT2D eigenvalue weighted by Gasteiger charge is -2.20. The van der Waals surface area contributed by atoms with Crippen LogP contribution < -0.4 is 10.6 Å². The van der Waals surface area contributed by atoms with E-state index in [9.17, 15) is 9.59 Å². The Bertz CT molecular complexity index is 256. The summed E-state index contributed by atoms with van der Waals surface area (Å²) in [5.41, 5.74) is 0. The number of amides is 1. The molecule has 5 nitrogen and oxygen atoms in total. The molecule has 0 aromatic heterocycles. The highest BCUT2D eigenvalue weighted by Gasteiger charge is 2.19. The second kappa shape index (κ2) is 8.06. The van der Waals surface area contributed by atoms with Crippen LogP contribution in [0.1, 0.15) is 40.5 Å². The summed E-state index contributed by atoms with van der Waals surface area (Å²) in [5, 5.41) is 14.4. The van der Waals surface area contributed by atoms with E-state index in [0.29, 0.717) is 5.92 Å². The molecule has 3 atom stereocenters. The summed E-state index contributed by atoms with van der Waals surface area (Å²) < 4.78 is 0. The number of hydrogen-bond acceptors (Lipinski definition) is 3. The van der Waals surface area contributed by atoms with Crippen molar-refractivity contribution in [2.24, 2.45) is 5.92 Å². The summed E-state index contributed by atoms with van der Waals surface area (Å²) in [7, 11) is 0. The molecule has 0 aliphatic carbocycles. The van der Waals surface area contributed by atoms with Crippen LogP contribution in [0.25, 0.3) is 0 Å². The summed E-state index contributed by atoms with van der Waals surface area (Å²) in [6.45, 7) is 7.90. The van der Waals surface area contributed by atoms with Gasteiger partial charge in [-0.25, -0.2) is 4.79 Å². The molecular weight excluding hydrogens is 220 g/mol. The first-order valence-corrected chi connectivity index (χ1v) is 6.10. The Morgan fingerprint density at radius 2 is 1.88 bits per heavy atom. The summed E-state index contributed by atoms with van der Waals surface area (Å²) in [4.78, 5) is 21.7. The third-order valence-electron chi connectivity index (χ3n) is 2.80. The van der Waals surface area contributed by atoms with Gasteiger partial charge in [-0.2, -0.15) is 0 Å². The van der Waals surface area contributed by atoms with Crippen LogP contribution in [0.4, 0.5) is 0 Å². The van der Waals surface area contributed by atoms with Gasteiger partial charge in [-0.05, 0) is 19.3 Å². The number of rotatable bonds is 8. The Kier molecular flexibility index (Phi) is 7.54. The van der Waals surface area contributed by atoms with Crippen LogP contribution in [0.15, 0.2) is 0 Å². The van der Waals surface area contributed by atoms with Gasteiger partial charge in [0, 0.05) is 19.5 Å². The Morgan fingerprint density at radius 3 is 2.29 bits per heavy atom. The van der Waals surface area contributed by atoms with E-state index < -0.39 is 12.0 Å². The average Bonchev–Trinajstić information content (AvgIpc) is 2.23. The van der Waals surface area contributed by atoms with Crippen LogP contribution in [0.2, 0.25) is 0 Å². The fraction of sp³-hybridized carbons (Fsp3) is 0.833. The molecule has 100 valence electrons. The Hall–Kier alpha value is -1.10. The molecule has 3 unspecified atom stereocenters. The van der Waals surface area contributed by atoms with Crippen LogP contribution >= 0.6 is 0 Å². The molecule has 0 saturated heterocycles. The predicted octanol–water partition coefficient (Wildman–Crippen LogP) is 0.990. The minimum Gasteiger partial charge on any atom is -0.480 e. The maximum absolute atomic E-state index is 10.9. The fourth-order valence-corrected chi connectivity index (χ4v) is 1.62. The number of aliphatic carboxylic acids is 1. The molecule has 5 heteroatoms. The number of carbonyl (C=O) groups excluding carboxylic acids is 1. The third kappa shape index (κ3) is 7.74. The van der Waals surface area contributed by atoms with Gasteiger partial charge in [-0.15, -0.1) is 0 Å². The van der Waals surface area contributed by atoms with Crippen molar-refractivity contribution in [2.75, 3.05) is 6.54 Å². The van der Waals surface area contributed by atoms with Crippen molar-refractivity contribution < 1.29 is 14.7 Å². The average molecular weight is 244 g/mol. The minimum atomic E-state index is -1.01. The lowest BCUT2D eigenvalue weighted by atomic mass is 10.0. The maximum Gasteiger partial charge on any atom is 0.327 e. The Labute approximate surface area is 103 Å². The van der Waals surface area contributed by atoms with Gasteiger partial charge in [-0.3, -0.25) is 4.79 Å². The zero-order valence-electron chi connectivity index (χ0n) is 11.1. The maximum atomic E-state index is 10.9. The number of carbonyl (C=O) groups is 2. The molecule has 0 aliphatic rings. The predicted molar refractivity (Wildman–Crippen MR) is 66.8 cm³/mol. The van der Waals surface area contributed by atoms with Crippen LogP contribution in [-0.4, -0.2) is 35.6 Å². The highest BCUT2D eigenvalue weighted by molar-refractivity contribution is 5.82. The number of carboxylic acid groups (broad SMARTS) is 1. The van der Waals surface area contributed by atoms with Crippen molar-refractivity contribution in [2.45, 2.75) is 52.6 Å². The van der Waals surface area contributed by atoms with E-state index in [1.807, 2.05) is 6.92 Å². The second-order valence-corrected chi connectivity index (χ2v) is 4.65. The first-order chi connectivity index (χ1) is 7.86. The normalized spacial score (nSPS) is 16.0. The molecule has 0 fully saturated rings. The summed E-state index contributed by atoms with van der Waals surface area (Å²) >= 11 is 0. The monoisotopic (exact) mass is 244 g/mol. The number of carboxylic acids is 1. The van der Waals surface area contributed by atoms with Crippen molar-refractivity contribution in [1.82, 2.24) is 10.6 Å². The highest BCUT2D eigenvalue weighted by Crippen LogP contribution is 2.09. The van der Waals surface area contributed by atoms with E-state index in [4.69, 9.17) is 5.11 Å². The van der Waals surface area contributed by atoms with Gasteiger partial charge < -0.3 is 15.7 Å². The van der Waals surface area contributed by atoms with E-state index in [1.165, 1.54) is 6.92 Å². The summed E-state index contributed by atoms with van der Waals surface area (Å²) in [5.74, 6) is -0.723. The topological polar surface area (TPSA) is 78.4 Å². The van der Waals surface area contributed by atoms with E-state index in [1.54, 1.807) is 0 Å². The van der Waals surface area contributed by atoms with Gasteiger partial charge in [0.1, 0.15) is 6.04 Å². The van der Waals surface area contributed by atoms with Crippen LogP contribution in [0.3, 0.4) is 0 Å². The Morgan fingerprint density at radius 1 is 1.29 bits per heavy atom. The molecule has 0 spiro atoms. The van der Waals surface area contributed by atoms with Crippen molar-refractivity contribution in [3.63, 3.8) is 0 Å². The van der Waals surface area contributed by atoms with Gasteiger partial charge in [0.2, 0.25) is 5.91 Å². The minimum absolute atomic E-state index is 0.251. The molecule has 0 bridgehead atoms. The lowest BCUT2D eigenvalue weighted by Crippen LogP contribution is -2.48. The molecule has 0 aromatic carbocycles. The second-order valence-electron chi connectivity index (χ2n) is 4.65. The van der Waals surface area contributed by atoms with Gasteiger partial charge in [0.25, 0.3) is 0 Å². The lowest BCUT2D eigenvalue weighted by molar-refractivity contribution is -0.141. The molecule has 0 heterocycles. The molecule has 3 N–H and O–H groups in total. The van der Waals surface area contributed by atoms with E-state index >= 15 is 0 Å². The van der Waals surface area contributed by atoms with Crippen molar-refractivity contribution >= 4 is 11.9 Å². The molecule has 0 saturated carbocycles. The standard InChI is InChI=1S/C12H24N2O3/c1-5-8(2)6-9(3)13-7-11(12(16)17)14-10(4)15/h8-9,11,13H,5-7H2,1-4H3,(H,14,15)(H,16,17). The molecule has 0 rings (SSSR count). The summed E-state index contributed by atoms with van der Waals surface area (Å²) in [6, 6.07) is -0.604. The quantitative estimate of drug-likeness (QED) is 0.595. The zero-order valence-corrected chi connectivity index (χ0v) is 11.1. The molecular formula is C12H24N2O3. The largest absolute Gasteiger partial charge is 0.480 e. The van der Waals surface area contributed by atoms with Gasteiger partial charge in [-0.1, -0.05) is 20.3 Å². The first-order valence-electron chi connectivity index (χ1n) is 6.10. The number of nitrogens with one attached hydrogen (secondary N) is 2. The van der Waals surface area contributed by atoms with Crippen LogP contribution in [-0.2, 0) is 9.59 Å². The summed E-state index contributed by atoms with van der Waals surface area (Å²) in [6.07, 6.45) is 2.11. The van der Waals surface area contributed by atoms with Crippen LogP contribution in [0, 0.1) is 5.92 Å². The number of hydrogen-bond donors (Lipinski definition) is 3. The van der Waals surface area contributed by atoms with E-state index in [2.05, 4.69) is 24.5 Å². The molecule has 0 radical (unpaired) electrons. The van der Waals surface area contributed by atoms with Gasteiger partial charge >= 0.3 is 5.97 Å². The third-order valence-corrected chi connectivity index (χ3v) is 2.80. The van der Waals surface area contributed by atoms with E-state index in [-0.39, 0.29) is 18.5 Å². The SMILES string of the molecule is CCC(C)CC(C)NCC(NC(C)=O)C(=O)O. The van der Waals surface area contributed by atoms with Crippen molar-refractivity contribution in [3.8, 4) is 0 Å². The van der Waals surface area contributed by atoms with Gasteiger partial charge in [0.15, 0.2) is 0 Å². The molecule has 1 amide bonds. The molecule has 17 heavy (non-hydrogen) atoms. The van der Waals surface area contributed by atoms with Crippen molar-refractivity contribution in [3.05, 3.63) is 0 Å². The molecule has 0 aromatic rings. The molecule has 0 aliphatic heterocycles. The van der Waals surface area contributed by atoms with Crippen LogP contribution in [0.5, 0.6) is 0 Å².